The zero-order valence-corrected chi connectivity index (χ0v) is 10.8. The molecular weight excluding hydrogens is 375 g/mol. The minimum atomic E-state index is -4.33. The van der Waals surface area contributed by atoms with Crippen molar-refractivity contribution in [3.8, 4) is 0 Å². The van der Waals surface area contributed by atoms with Gasteiger partial charge < -0.3 is 10.1 Å². The molecular formula is C6H4F2IN3O4S. The van der Waals surface area contributed by atoms with Crippen LogP contribution in [0, 0.1) is 13.7 Å². The SMILES string of the molecule is NS(=O)(=O)c1cc(C(F)F)nc([N+](=O)[O-])c1I. The van der Waals surface area contributed by atoms with Crippen molar-refractivity contribution < 1.29 is 22.1 Å². The highest BCUT2D eigenvalue weighted by Gasteiger charge is 2.29. The van der Waals surface area contributed by atoms with Crippen LogP contribution in [0.4, 0.5) is 14.6 Å². The van der Waals surface area contributed by atoms with Gasteiger partial charge in [0.2, 0.25) is 15.7 Å². The predicted octanol–water partition coefficient (Wildman–Crippen LogP) is 1.18. The fourth-order valence-electron chi connectivity index (χ4n) is 0.951. The summed E-state index contributed by atoms with van der Waals surface area (Å²) >= 11 is 1.31. The Balaban J connectivity index is 3.67. The van der Waals surface area contributed by atoms with Gasteiger partial charge in [0, 0.05) is 6.07 Å². The van der Waals surface area contributed by atoms with Crippen LogP contribution in [0.25, 0.3) is 0 Å². The van der Waals surface area contributed by atoms with Crippen molar-refractivity contribution >= 4 is 38.4 Å². The Morgan fingerprint density at radius 2 is 2.06 bits per heavy atom. The molecule has 0 bridgehead atoms. The molecule has 0 aliphatic heterocycles. The number of alkyl halides is 2. The fraction of sp³-hybridized carbons (Fsp3) is 0.167. The van der Waals surface area contributed by atoms with Crippen LogP contribution < -0.4 is 5.14 Å². The average Bonchev–Trinajstić information content (AvgIpc) is 2.15. The van der Waals surface area contributed by atoms with Crippen LogP contribution in [0.2, 0.25) is 0 Å². The maximum absolute atomic E-state index is 12.4. The van der Waals surface area contributed by atoms with Gasteiger partial charge in [-0.2, -0.15) is 0 Å². The second-order valence-corrected chi connectivity index (χ2v) is 5.39. The lowest BCUT2D eigenvalue weighted by Crippen LogP contribution is -2.16. The Kier molecular flexibility index (Phi) is 3.93. The molecule has 11 heteroatoms. The quantitative estimate of drug-likeness (QED) is 0.481. The molecule has 1 heterocycles. The summed E-state index contributed by atoms with van der Waals surface area (Å²) in [5.74, 6) is -0.965. The molecule has 0 radical (unpaired) electrons. The third-order valence-electron chi connectivity index (χ3n) is 1.63. The van der Waals surface area contributed by atoms with Crippen LogP contribution >= 0.6 is 22.6 Å². The van der Waals surface area contributed by atoms with Crippen LogP contribution in [-0.4, -0.2) is 18.3 Å². The van der Waals surface area contributed by atoms with E-state index >= 15 is 0 Å². The van der Waals surface area contributed by atoms with E-state index in [1.165, 1.54) is 22.6 Å². The summed E-state index contributed by atoms with van der Waals surface area (Å²) in [5.41, 5.74) is -1.01. The van der Waals surface area contributed by atoms with Crippen molar-refractivity contribution in [3.05, 3.63) is 25.4 Å². The highest BCUT2D eigenvalue weighted by molar-refractivity contribution is 14.1. The van der Waals surface area contributed by atoms with Gasteiger partial charge in [0.1, 0.15) is 8.47 Å². The summed E-state index contributed by atoms with van der Waals surface area (Å²) in [6.07, 6.45) is -3.13. The number of hydrogen-bond acceptors (Lipinski definition) is 5. The van der Waals surface area contributed by atoms with Crippen molar-refractivity contribution in [2.45, 2.75) is 11.3 Å². The first-order chi connectivity index (χ1) is 7.64. The molecule has 0 aliphatic rings. The number of hydrogen-bond donors (Lipinski definition) is 1. The molecule has 94 valence electrons. The van der Waals surface area contributed by atoms with Gasteiger partial charge >= 0.3 is 12.2 Å². The monoisotopic (exact) mass is 379 g/mol. The van der Waals surface area contributed by atoms with Crippen molar-refractivity contribution in [1.29, 1.82) is 0 Å². The number of sulfonamides is 1. The molecule has 2 N–H and O–H groups in total. The molecule has 0 aromatic carbocycles. The van der Waals surface area contributed by atoms with Gasteiger partial charge in [0.15, 0.2) is 0 Å². The molecule has 1 aromatic heterocycles. The molecule has 0 fully saturated rings. The zero-order valence-electron chi connectivity index (χ0n) is 7.80. The van der Waals surface area contributed by atoms with Gasteiger partial charge in [-0.25, -0.2) is 22.3 Å². The third kappa shape index (κ3) is 3.04. The first kappa shape index (κ1) is 14.1. The van der Waals surface area contributed by atoms with E-state index in [1.54, 1.807) is 0 Å². The highest BCUT2D eigenvalue weighted by atomic mass is 127. The molecule has 0 saturated carbocycles. The Bertz CT molecular complexity index is 577. The molecule has 1 aromatic rings. The Hall–Kier alpha value is -0.950. The van der Waals surface area contributed by atoms with E-state index in [4.69, 9.17) is 5.14 Å². The topological polar surface area (TPSA) is 116 Å². The second-order valence-electron chi connectivity index (χ2n) is 2.79. The predicted molar refractivity (Wildman–Crippen MR) is 59.9 cm³/mol. The van der Waals surface area contributed by atoms with E-state index < -0.39 is 41.3 Å². The number of primary sulfonamides is 1. The van der Waals surface area contributed by atoms with Crippen molar-refractivity contribution in [2.75, 3.05) is 0 Å². The lowest BCUT2D eigenvalue weighted by atomic mass is 10.3. The maximum Gasteiger partial charge on any atom is 0.378 e. The van der Waals surface area contributed by atoms with Crippen molar-refractivity contribution in [1.82, 2.24) is 4.98 Å². The van der Waals surface area contributed by atoms with Crippen molar-refractivity contribution in [3.63, 3.8) is 0 Å². The van der Waals surface area contributed by atoms with Crippen LogP contribution in [0.1, 0.15) is 12.1 Å². The summed E-state index contributed by atoms with van der Waals surface area (Å²) in [5, 5.41) is 15.3. The second kappa shape index (κ2) is 4.73. The van der Waals surface area contributed by atoms with E-state index in [9.17, 15) is 27.3 Å². The van der Waals surface area contributed by atoms with Crippen molar-refractivity contribution in [2.24, 2.45) is 5.14 Å². The molecule has 0 saturated heterocycles. The van der Waals surface area contributed by atoms with Gasteiger partial charge in [0.25, 0.3) is 0 Å². The van der Waals surface area contributed by atoms with Gasteiger partial charge in [-0.1, -0.05) is 0 Å². The zero-order chi connectivity index (χ0) is 13.4. The molecule has 0 spiro atoms. The van der Waals surface area contributed by atoms with Crippen LogP contribution in [-0.2, 0) is 10.0 Å². The first-order valence-electron chi connectivity index (χ1n) is 3.80. The minimum Gasteiger partial charge on any atom is -0.358 e. The van der Waals surface area contributed by atoms with E-state index in [0.717, 1.165) is 0 Å². The number of rotatable bonds is 3. The summed E-state index contributed by atoms with van der Waals surface area (Å²) in [6.45, 7) is 0. The Labute approximate surface area is 107 Å². The average molecular weight is 379 g/mol. The van der Waals surface area contributed by atoms with E-state index in [-0.39, 0.29) is 0 Å². The van der Waals surface area contributed by atoms with E-state index in [1.807, 2.05) is 0 Å². The highest BCUT2D eigenvalue weighted by Crippen LogP contribution is 2.29. The minimum absolute atomic E-state index is 0.403. The molecule has 0 unspecified atom stereocenters. The number of halogens is 3. The number of aromatic nitrogens is 1. The molecule has 0 aliphatic carbocycles. The molecule has 17 heavy (non-hydrogen) atoms. The van der Waals surface area contributed by atoms with Gasteiger partial charge in [0.05, 0.1) is 0 Å². The summed E-state index contributed by atoms with van der Waals surface area (Å²) in [7, 11) is -4.33. The van der Waals surface area contributed by atoms with Gasteiger partial charge in [-0.05, 0) is 32.5 Å². The number of pyridine rings is 1. The van der Waals surface area contributed by atoms with Gasteiger partial charge in [-0.3, -0.25) is 0 Å². The molecule has 7 nitrogen and oxygen atoms in total. The number of nitrogens with two attached hydrogens (primary N) is 1. The lowest BCUT2D eigenvalue weighted by molar-refractivity contribution is -0.391. The largest absolute Gasteiger partial charge is 0.378 e. The first-order valence-corrected chi connectivity index (χ1v) is 6.43. The van der Waals surface area contributed by atoms with Crippen LogP contribution in [0.15, 0.2) is 11.0 Å². The summed E-state index contributed by atoms with van der Waals surface area (Å²) < 4.78 is 46.5. The van der Waals surface area contributed by atoms with E-state index in [0.29, 0.717) is 6.07 Å². The molecule has 0 amide bonds. The van der Waals surface area contributed by atoms with Crippen LogP contribution in [0.3, 0.4) is 0 Å². The standard InChI is InChI=1S/C6H4F2IN3O4S/c7-5(8)2-1-3(17(10,15)16)4(9)6(11-2)12(13)14/h1,5H,(H2,10,15,16). The summed E-state index contributed by atoms with van der Waals surface area (Å²) in [6, 6.07) is 0.523. The number of nitro groups is 1. The lowest BCUT2D eigenvalue weighted by Gasteiger charge is -2.04. The smallest absolute Gasteiger partial charge is 0.358 e. The van der Waals surface area contributed by atoms with E-state index in [2.05, 4.69) is 4.98 Å². The third-order valence-corrected chi connectivity index (χ3v) is 3.99. The maximum atomic E-state index is 12.4. The summed E-state index contributed by atoms with van der Waals surface area (Å²) in [4.78, 5) is 11.8. The molecule has 1 rings (SSSR count). The Morgan fingerprint density at radius 1 is 1.53 bits per heavy atom. The number of nitrogens with zero attached hydrogens (tertiary/aromatic N) is 2. The normalized spacial score (nSPS) is 11.8. The van der Waals surface area contributed by atoms with Crippen LogP contribution in [0.5, 0.6) is 0 Å². The Morgan fingerprint density at radius 3 is 2.41 bits per heavy atom. The fourth-order valence-corrected chi connectivity index (χ4v) is 2.97. The molecule has 0 atom stereocenters. The van der Waals surface area contributed by atoms with Gasteiger partial charge in [-0.15, -0.1) is 0 Å².